The minimum absolute atomic E-state index is 0.0808. The highest BCUT2D eigenvalue weighted by Gasteiger charge is 2.22. The zero-order valence-corrected chi connectivity index (χ0v) is 18.1. The van der Waals surface area contributed by atoms with Gasteiger partial charge in [0, 0.05) is 44.8 Å². The van der Waals surface area contributed by atoms with Crippen molar-refractivity contribution in [3.05, 3.63) is 61.6 Å². The zero-order chi connectivity index (χ0) is 21.3. The Hall–Kier alpha value is -2.87. The molecule has 3 aromatic rings. The number of piperazine rings is 1. The number of carbonyl (C=O) groups excluding carboxylic acids is 1. The largest absolute Gasteiger partial charge is 0.368 e. The minimum Gasteiger partial charge on any atom is -0.368 e. The number of aryl methyl sites for hydroxylation is 2. The van der Waals surface area contributed by atoms with E-state index in [-0.39, 0.29) is 18.0 Å². The van der Waals surface area contributed by atoms with Crippen molar-refractivity contribution < 1.29 is 4.79 Å². The SMILES string of the molecule is Cc1ccc(C)c(N2CCN(C(=O)CCCn3c(=O)[nH]c4ccsc4c3=O)CC2)c1. The van der Waals surface area contributed by atoms with Crippen molar-refractivity contribution in [3.8, 4) is 0 Å². The van der Waals surface area contributed by atoms with Gasteiger partial charge in [-0.2, -0.15) is 0 Å². The highest BCUT2D eigenvalue weighted by Crippen LogP contribution is 2.23. The molecular weight excluding hydrogens is 400 g/mol. The molecule has 0 atom stereocenters. The maximum atomic E-state index is 12.6. The molecule has 1 fully saturated rings. The molecule has 3 heterocycles. The molecule has 4 rings (SSSR count). The molecule has 1 aliphatic heterocycles. The molecule has 30 heavy (non-hydrogen) atoms. The minimum atomic E-state index is -0.416. The number of fused-ring (bicyclic) bond motifs is 1. The van der Waals surface area contributed by atoms with E-state index in [2.05, 4.69) is 41.9 Å². The number of benzene rings is 1. The van der Waals surface area contributed by atoms with Crippen molar-refractivity contribution in [2.75, 3.05) is 31.1 Å². The van der Waals surface area contributed by atoms with Gasteiger partial charge >= 0.3 is 5.69 Å². The van der Waals surface area contributed by atoms with E-state index in [1.807, 2.05) is 4.90 Å². The fraction of sp³-hybridized carbons (Fsp3) is 0.409. The van der Waals surface area contributed by atoms with Gasteiger partial charge in [-0.15, -0.1) is 11.3 Å². The summed E-state index contributed by atoms with van der Waals surface area (Å²) >= 11 is 1.32. The molecular formula is C22H26N4O3S. The van der Waals surface area contributed by atoms with Crippen LogP contribution in [0.2, 0.25) is 0 Å². The molecule has 1 aliphatic rings. The van der Waals surface area contributed by atoms with Crippen LogP contribution in [0, 0.1) is 13.8 Å². The number of nitrogens with one attached hydrogen (secondary N) is 1. The number of aromatic nitrogens is 2. The first kappa shape index (κ1) is 20.4. The number of H-pyrrole nitrogens is 1. The van der Waals surface area contributed by atoms with Crippen LogP contribution in [0.5, 0.6) is 0 Å². The van der Waals surface area contributed by atoms with Crippen molar-refractivity contribution in [1.29, 1.82) is 0 Å². The van der Waals surface area contributed by atoms with Gasteiger partial charge in [0.15, 0.2) is 0 Å². The summed E-state index contributed by atoms with van der Waals surface area (Å²) in [7, 11) is 0. The van der Waals surface area contributed by atoms with Crippen LogP contribution in [-0.2, 0) is 11.3 Å². The summed E-state index contributed by atoms with van der Waals surface area (Å²) in [6, 6.07) is 8.19. The maximum Gasteiger partial charge on any atom is 0.328 e. The quantitative estimate of drug-likeness (QED) is 0.680. The number of rotatable bonds is 5. The van der Waals surface area contributed by atoms with Crippen molar-refractivity contribution >= 4 is 33.1 Å². The second-order valence-electron chi connectivity index (χ2n) is 7.81. The number of aromatic amines is 1. The summed E-state index contributed by atoms with van der Waals surface area (Å²) < 4.78 is 1.74. The van der Waals surface area contributed by atoms with Gasteiger partial charge in [-0.3, -0.25) is 14.2 Å². The summed E-state index contributed by atoms with van der Waals surface area (Å²) in [6.07, 6.45) is 0.799. The first-order chi connectivity index (χ1) is 14.4. The highest BCUT2D eigenvalue weighted by atomic mass is 32.1. The van der Waals surface area contributed by atoms with E-state index >= 15 is 0 Å². The normalized spacial score (nSPS) is 14.5. The molecule has 1 aromatic carbocycles. The van der Waals surface area contributed by atoms with Gasteiger partial charge in [-0.05, 0) is 48.9 Å². The number of anilines is 1. The van der Waals surface area contributed by atoms with Crippen molar-refractivity contribution in [2.45, 2.75) is 33.2 Å². The molecule has 0 unspecified atom stereocenters. The third-order valence-electron chi connectivity index (χ3n) is 5.70. The monoisotopic (exact) mass is 426 g/mol. The van der Waals surface area contributed by atoms with E-state index in [0.29, 0.717) is 36.1 Å². The fourth-order valence-electron chi connectivity index (χ4n) is 3.98. The Morgan fingerprint density at radius 1 is 1.10 bits per heavy atom. The Morgan fingerprint density at radius 3 is 2.63 bits per heavy atom. The van der Waals surface area contributed by atoms with Crippen molar-refractivity contribution in [3.63, 3.8) is 0 Å². The average Bonchev–Trinajstić information content (AvgIpc) is 3.21. The van der Waals surface area contributed by atoms with Gasteiger partial charge in [0.1, 0.15) is 4.70 Å². The molecule has 0 radical (unpaired) electrons. The first-order valence-corrected chi connectivity index (χ1v) is 11.1. The Morgan fingerprint density at radius 2 is 1.87 bits per heavy atom. The second kappa shape index (κ2) is 8.47. The van der Waals surface area contributed by atoms with E-state index in [1.165, 1.54) is 32.7 Å². The molecule has 0 aliphatic carbocycles. The number of amides is 1. The van der Waals surface area contributed by atoms with Crippen molar-refractivity contribution in [2.24, 2.45) is 0 Å². The predicted molar refractivity (Wildman–Crippen MR) is 121 cm³/mol. The smallest absolute Gasteiger partial charge is 0.328 e. The van der Waals surface area contributed by atoms with Crippen LogP contribution in [0.3, 0.4) is 0 Å². The summed E-state index contributed by atoms with van der Waals surface area (Å²) in [5.41, 5.74) is 3.60. The van der Waals surface area contributed by atoms with Gasteiger partial charge in [-0.1, -0.05) is 12.1 Å². The number of carbonyl (C=O) groups is 1. The van der Waals surface area contributed by atoms with Crippen LogP contribution in [0.15, 0.2) is 39.2 Å². The lowest BCUT2D eigenvalue weighted by atomic mass is 10.1. The van der Waals surface area contributed by atoms with E-state index < -0.39 is 5.69 Å². The van der Waals surface area contributed by atoms with Gasteiger partial charge in [0.25, 0.3) is 5.56 Å². The van der Waals surface area contributed by atoms with Gasteiger partial charge in [0.2, 0.25) is 5.91 Å². The van der Waals surface area contributed by atoms with Crippen LogP contribution < -0.4 is 16.1 Å². The van der Waals surface area contributed by atoms with Gasteiger partial charge in [-0.25, -0.2) is 4.79 Å². The standard InChI is InChI=1S/C22H26N4O3S/c1-15-5-6-16(2)18(14-15)24-9-11-25(12-10-24)19(27)4-3-8-26-21(28)20-17(7-13-30-20)23-22(26)29/h5-7,13-14H,3-4,8-12H2,1-2H3,(H,23,29). The Bertz CT molecular complexity index is 1190. The first-order valence-electron chi connectivity index (χ1n) is 10.2. The topological polar surface area (TPSA) is 78.4 Å². The summed E-state index contributed by atoms with van der Waals surface area (Å²) in [5.74, 6) is 0.0808. The summed E-state index contributed by atoms with van der Waals surface area (Å²) in [6.45, 7) is 7.45. The molecule has 0 spiro atoms. The summed E-state index contributed by atoms with van der Waals surface area (Å²) in [5, 5.41) is 1.79. The van der Waals surface area contributed by atoms with Gasteiger partial charge < -0.3 is 14.8 Å². The third-order valence-corrected chi connectivity index (χ3v) is 6.60. The Kier molecular flexibility index (Phi) is 5.76. The fourth-order valence-corrected chi connectivity index (χ4v) is 4.77. The van der Waals surface area contributed by atoms with Crippen LogP contribution in [-0.4, -0.2) is 46.5 Å². The molecule has 1 amide bonds. The number of thiophene rings is 1. The molecule has 0 bridgehead atoms. The highest BCUT2D eigenvalue weighted by molar-refractivity contribution is 7.17. The number of nitrogens with zero attached hydrogens (tertiary/aromatic N) is 3. The van der Waals surface area contributed by atoms with Crippen LogP contribution in [0.1, 0.15) is 24.0 Å². The number of hydrogen-bond acceptors (Lipinski definition) is 5. The molecule has 158 valence electrons. The second-order valence-corrected chi connectivity index (χ2v) is 8.73. The Balaban J connectivity index is 1.32. The van der Waals surface area contributed by atoms with Crippen LogP contribution in [0.25, 0.3) is 10.2 Å². The van der Waals surface area contributed by atoms with E-state index in [0.717, 1.165) is 13.1 Å². The average molecular weight is 427 g/mol. The van der Waals surface area contributed by atoms with Crippen LogP contribution in [0.4, 0.5) is 5.69 Å². The summed E-state index contributed by atoms with van der Waals surface area (Å²) in [4.78, 5) is 44.2. The van der Waals surface area contributed by atoms with Crippen LogP contribution >= 0.6 is 11.3 Å². The zero-order valence-electron chi connectivity index (χ0n) is 17.3. The molecule has 7 nitrogen and oxygen atoms in total. The van der Waals surface area contributed by atoms with E-state index in [4.69, 9.17) is 0 Å². The molecule has 1 N–H and O–H groups in total. The van der Waals surface area contributed by atoms with E-state index in [9.17, 15) is 14.4 Å². The maximum absolute atomic E-state index is 12.6. The lowest BCUT2D eigenvalue weighted by Crippen LogP contribution is -2.49. The Labute approximate surface area is 178 Å². The third kappa shape index (κ3) is 4.05. The van der Waals surface area contributed by atoms with Gasteiger partial charge in [0.05, 0.1) is 5.52 Å². The predicted octanol–water partition coefficient (Wildman–Crippen LogP) is 2.50. The molecule has 2 aromatic heterocycles. The van der Waals surface area contributed by atoms with E-state index in [1.54, 1.807) is 11.4 Å². The molecule has 1 saturated heterocycles. The van der Waals surface area contributed by atoms with Crippen molar-refractivity contribution in [1.82, 2.24) is 14.5 Å². The number of hydrogen-bond donors (Lipinski definition) is 1. The lowest BCUT2D eigenvalue weighted by Gasteiger charge is -2.37. The molecule has 0 saturated carbocycles. The lowest BCUT2D eigenvalue weighted by molar-refractivity contribution is -0.131. The molecule has 8 heteroatoms.